The molecule has 0 amide bonds. The smallest absolute Gasteiger partial charge is 0.0178 e. The number of benzene rings is 1. The molecule has 0 bridgehead atoms. The summed E-state index contributed by atoms with van der Waals surface area (Å²) in [6, 6.07) is 9.35. The molecule has 1 aromatic carbocycles. The second-order valence-electron chi connectivity index (χ2n) is 3.56. The summed E-state index contributed by atoms with van der Waals surface area (Å²) in [6.45, 7) is 3.24. The molecule has 1 aromatic rings. The normalized spacial score (nSPS) is 26.0. The molecule has 0 radical (unpaired) electrons. The summed E-state index contributed by atoms with van der Waals surface area (Å²) in [7, 11) is 0. The molecule has 0 spiro atoms. The largest absolute Gasteiger partial charge is 0.314 e. The molecule has 2 atom stereocenters. The topological polar surface area (TPSA) is 12.0 Å². The molecular formula is C11H14BrN. The molecule has 0 saturated heterocycles. The van der Waals surface area contributed by atoms with Gasteiger partial charge in [0.25, 0.3) is 0 Å². The van der Waals surface area contributed by atoms with Crippen molar-refractivity contribution in [1.29, 1.82) is 0 Å². The zero-order chi connectivity index (χ0) is 9.26. The second kappa shape index (κ2) is 3.81. The summed E-state index contributed by atoms with van der Waals surface area (Å²) >= 11 is 3.50. The highest BCUT2D eigenvalue weighted by Gasteiger charge is 2.37. The molecule has 1 aliphatic carbocycles. The van der Waals surface area contributed by atoms with Gasteiger partial charge >= 0.3 is 0 Å². The minimum atomic E-state index is 0.722. The van der Waals surface area contributed by atoms with Crippen molar-refractivity contribution >= 4 is 15.9 Å². The van der Waals surface area contributed by atoms with Crippen LogP contribution in [0.3, 0.4) is 0 Å². The first-order valence-corrected chi connectivity index (χ1v) is 5.59. The summed E-state index contributed by atoms with van der Waals surface area (Å²) in [5.41, 5.74) is 1.46. The van der Waals surface area contributed by atoms with Crippen LogP contribution in [0, 0.1) is 0 Å². The summed E-state index contributed by atoms with van der Waals surface area (Å²) in [5, 5.41) is 3.47. The number of halogens is 1. The van der Waals surface area contributed by atoms with Crippen LogP contribution in [-0.4, -0.2) is 12.6 Å². The Morgan fingerprint density at radius 3 is 3.08 bits per heavy atom. The number of hydrogen-bond acceptors (Lipinski definition) is 1. The van der Waals surface area contributed by atoms with Crippen molar-refractivity contribution in [2.24, 2.45) is 0 Å². The molecule has 1 N–H and O–H groups in total. The molecule has 0 heterocycles. The minimum absolute atomic E-state index is 0.722. The van der Waals surface area contributed by atoms with E-state index in [1.165, 1.54) is 16.5 Å². The quantitative estimate of drug-likeness (QED) is 0.856. The van der Waals surface area contributed by atoms with Crippen molar-refractivity contribution in [1.82, 2.24) is 5.32 Å². The summed E-state index contributed by atoms with van der Waals surface area (Å²) in [6.07, 6.45) is 1.30. The van der Waals surface area contributed by atoms with Crippen LogP contribution in [0.1, 0.15) is 24.8 Å². The molecule has 1 fully saturated rings. The van der Waals surface area contributed by atoms with Crippen molar-refractivity contribution in [3.63, 3.8) is 0 Å². The van der Waals surface area contributed by atoms with Gasteiger partial charge in [0.2, 0.25) is 0 Å². The van der Waals surface area contributed by atoms with Gasteiger partial charge in [-0.3, -0.25) is 0 Å². The molecule has 2 unspecified atom stereocenters. The molecule has 2 heteroatoms. The van der Waals surface area contributed by atoms with Gasteiger partial charge in [0, 0.05) is 16.4 Å². The van der Waals surface area contributed by atoms with Gasteiger partial charge in [-0.15, -0.1) is 0 Å². The zero-order valence-electron chi connectivity index (χ0n) is 7.76. The fourth-order valence-electron chi connectivity index (χ4n) is 1.79. The van der Waals surface area contributed by atoms with E-state index < -0.39 is 0 Å². The molecule has 1 saturated carbocycles. The van der Waals surface area contributed by atoms with Crippen LogP contribution >= 0.6 is 15.9 Å². The van der Waals surface area contributed by atoms with E-state index in [4.69, 9.17) is 0 Å². The lowest BCUT2D eigenvalue weighted by Crippen LogP contribution is -2.16. The highest BCUT2D eigenvalue weighted by atomic mass is 79.9. The monoisotopic (exact) mass is 239 g/mol. The van der Waals surface area contributed by atoms with Crippen LogP contribution in [0.15, 0.2) is 28.7 Å². The third-order valence-electron chi connectivity index (χ3n) is 2.53. The lowest BCUT2D eigenvalue weighted by molar-refractivity contribution is 0.703. The van der Waals surface area contributed by atoms with Gasteiger partial charge in [0.05, 0.1) is 0 Å². The second-order valence-corrected chi connectivity index (χ2v) is 4.48. The molecular weight excluding hydrogens is 226 g/mol. The zero-order valence-corrected chi connectivity index (χ0v) is 9.34. The molecule has 0 aromatic heterocycles. The van der Waals surface area contributed by atoms with Crippen LogP contribution in [0.2, 0.25) is 0 Å². The number of nitrogens with one attached hydrogen (secondary N) is 1. The first-order chi connectivity index (χ1) is 6.31. The first-order valence-electron chi connectivity index (χ1n) is 4.80. The average Bonchev–Trinajstić information content (AvgIpc) is 2.85. The van der Waals surface area contributed by atoms with Gasteiger partial charge < -0.3 is 5.32 Å². The Labute approximate surface area is 87.7 Å². The van der Waals surface area contributed by atoms with Crippen molar-refractivity contribution in [3.05, 3.63) is 34.3 Å². The van der Waals surface area contributed by atoms with Crippen LogP contribution in [0.5, 0.6) is 0 Å². The molecule has 2 rings (SSSR count). The summed E-state index contributed by atoms with van der Waals surface area (Å²) in [4.78, 5) is 0. The third kappa shape index (κ3) is 2.12. The Morgan fingerprint density at radius 2 is 2.38 bits per heavy atom. The Hall–Kier alpha value is -0.340. The Morgan fingerprint density at radius 1 is 1.54 bits per heavy atom. The van der Waals surface area contributed by atoms with Crippen molar-refractivity contribution in [2.45, 2.75) is 25.3 Å². The maximum atomic E-state index is 3.50. The van der Waals surface area contributed by atoms with E-state index in [2.05, 4.69) is 52.4 Å². The van der Waals surface area contributed by atoms with E-state index in [1.54, 1.807) is 0 Å². The van der Waals surface area contributed by atoms with Crippen LogP contribution < -0.4 is 5.32 Å². The Bertz CT molecular complexity index is 298. The SMILES string of the molecule is CCNC1CC1c1cccc(Br)c1. The van der Waals surface area contributed by atoms with Gasteiger partial charge in [-0.2, -0.15) is 0 Å². The Balaban J connectivity index is 2.03. The maximum Gasteiger partial charge on any atom is 0.0178 e. The predicted molar refractivity (Wildman–Crippen MR) is 59.0 cm³/mol. The van der Waals surface area contributed by atoms with E-state index in [9.17, 15) is 0 Å². The molecule has 1 nitrogen and oxygen atoms in total. The van der Waals surface area contributed by atoms with Gasteiger partial charge in [-0.05, 0) is 30.7 Å². The molecule has 0 aliphatic heterocycles. The van der Waals surface area contributed by atoms with E-state index in [1.807, 2.05) is 0 Å². The lowest BCUT2D eigenvalue weighted by Gasteiger charge is -2.01. The maximum absolute atomic E-state index is 3.50. The highest BCUT2D eigenvalue weighted by molar-refractivity contribution is 9.10. The number of likely N-dealkylation sites (N-methyl/N-ethyl adjacent to an activating group) is 1. The summed E-state index contributed by atoms with van der Waals surface area (Å²) < 4.78 is 1.19. The average molecular weight is 240 g/mol. The highest BCUT2D eigenvalue weighted by Crippen LogP contribution is 2.41. The van der Waals surface area contributed by atoms with Gasteiger partial charge in [0.1, 0.15) is 0 Å². The number of rotatable bonds is 3. The Kier molecular flexibility index (Phi) is 2.70. The van der Waals surface area contributed by atoms with Crippen LogP contribution in [0.25, 0.3) is 0 Å². The van der Waals surface area contributed by atoms with E-state index in [0.29, 0.717) is 0 Å². The standard InChI is InChI=1S/C11H14BrN/c1-2-13-11-7-10(11)8-4-3-5-9(12)6-8/h3-6,10-11,13H,2,7H2,1H3. The van der Waals surface area contributed by atoms with Crippen molar-refractivity contribution in [2.75, 3.05) is 6.54 Å². The van der Waals surface area contributed by atoms with Gasteiger partial charge in [-0.25, -0.2) is 0 Å². The fraction of sp³-hybridized carbons (Fsp3) is 0.455. The third-order valence-corrected chi connectivity index (χ3v) is 3.03. The van der Waals surface area contributed by atoms with Crippen LogP contribution in [0.4, 0.5) is 0 Å². The van der Waals surface area contributed by atoms with Crippen molar-refractivity contribution < 1.29 is 0 Å². The van der Waals surface area contributed by atoms with E-state index >= 15 is 0 Å². The first kappa shape index (κ1) is 9.22. The molecule has 1 aliphatic rings. The summed E-state index contributed by atoms with van der Waals surface area (Å²) in [5.74, 6) is 0.748. The lowest BCUT2D eigenvalue weighted by atomic mass is 10.1. The van der Waals surface area contributed by atoms with E-state index in [0.717, 1.165) is 18.5 Å². The van der Waals surface area contributed by atoms with E-state index in [-0.39, 0.29) is 0 Å². The van der Waals surface area contributed by atoms with Gasteiger partial charge in [-0.1, -0.05) is 35.0 Å². The van der Waals surface area contributed by atoms with Crippen molar-refractivity contribution in [3.8, 4) is 0 Å². The fourth-order valence-corrected chi connectivity index (χ4v) is 2.21. The molecule has 13 heavy (non-hydrogen) atoms. The minimum Gasteiger partial charge on any atom is -0.314 e. The number of hydrogen-bond donors (Lipinski definition) is 1. The predicted octanol–water partition coefficient (Wildman–Crippen LogP) is 2.91. The molecule has 70 valence electrons. The van der Waals surface area contributed by atoms with Crippen LogP contribution in [-0.2, 0) is 0 Å². The van der Waals surface area contributed by atoms with Gasteiger partial charge in [0.15, 0.2) is 0 Å².